The Labute approximate surface area is 388 Å². The van der Waals surface area contributed by atoms with E-state index >= 15 is 0 Å². The molecule has 4 aromatic rings. The molecule has 348 valence electrons. The highest BCUT2D eigenvalue weighted by Gasteiger charge is 2.40. The van der Waals surface area contributed by atoms with E-state index in [1.807, 2.05) is 0 Å². The van der Waals surface area contributed by atoms with Gasteiger partial charge in [-0.2, -0.15) is 0 Å². The highest BCUT2D eigenvalue weighted by atomic mass is 28.4. The lowest BCUT2D eigenvalue weighted by atomic mass is 9.86. The first-order chi connectivity index (χ1) is 29.7. The summed E-state index contributed by atoms with van der Waals surface area (Å²) < 4.78 is 35.6. The summed E-state index contributed by atoms with van der Waals surface area (Å²) in [6.07, 6.45) is 8.32. The lowest BCUT2D eigenvalue weighted by molar-refractivity contribution is 0.301. The van der Waals surface area contributed by atoms with Gasteiger partial charge in [-0.15, -0.1) is 0 Å². The first-order valence-corrected chi connectivity index (χ1v) is 27.7. The quantitative estimate of drug-likeness (QED) is 0.0581. The van der Waals surface area contributed by atoms with Crippen molar-refractivity contribution in [1.29, 1.82) is 0 Å². The van der Waals surface area contributed by atoms with Gasteiger partial charge in [-0.25, -0.2) is 0 Å². The van der Waals surface area contributed by atoms with Gasteiger partial charge in [0, 0.05) is 22.3 Å². The molecular weight excluding hydrogens is 809 g/mol. The predicted molar refractivity (Wildman–Crippen MR) is 276 cm³/mol. The zero-order chi connectivity index (χ0) is 46.6. The Hall–Kier alpha value is -3.53. The normalized spacial score (nSPS) is 12.6. The van der Waals surface area contributed by atoms with Crippen molar-refractivity contribution in [1.82, 2.24) is 0 Å². The molecule has 0 heterocycles. The number of ether oxygens (including phenoxy) is 4. The Morgan fingerprint density at radius 3 is 0.714 bits per heavy atom. The van der Waals surface area contributed by atoms with Gasteiger partial charge in [0.05, 0.1) is 26.4 Å². The van der Waals surface area contributed by atoms with Crippen LogP contribution in [-0.2, 0) is 25.8 Å². The van der Waals surface area contributed by atoms with Crippen LogP contribution in [0.4, 0.5) is 0 Å². The van der Waals surface area contributed by atoms with E-state index in [0.717, 1.165) is 74.4 Å². The zero-order valence-corrected chi connectivity index (χ0v) is 44.9. The number of hydrogen-bond acceptors (Lipinski definition) is 5. The minimum absolute atomic E-state index is 0.228. The van der Waals surface area contributed by atoms with Crippen molar-refractivity contribution in [3.63, 3.8) is 0 Å². The SMILES string of the molecule is CCCCOc1cccc([SiH](O[SiH](c2cccc(OCCCC)c2C(C)(C)C)c2cccc(OCCCC)c2C(C)(C)C)c2cccc(OCCCC)c2C(C)(C)C)c1C(C)(C)C. The van der Waals surface area contributed by atoms with Crippen molar-refractivity contribution in [2.75, 3.05) is 26.4 Å². The van der Waals surface area contributed by atoms with E-state index in [1.165, 1.54) is 43.0 Å². The third-order valence-electron chi connectivity index (χ3n) is 11.7. The fourth-order valence-corrected chi connectivity index (χ4v) is 17.4. The van der Waals surface area contributed by atoms with Gasteiger partial charge in [0.25, 0.3) is 0 Å². The van der Waals surface area contributed by atoms with Crippen LogP contribution in [0.15, 0.2) is 72.8 Å². The molecule has 7 heteroatoms. The molecule has 0 fully saturated rings. The predicted octanol–water partition coefficient (Wildman–Crippen LogP) is 12.0. The molecule has 4 aromatic carbocycles. The highest BCUT2D eigenvalue weighted by Crippen LogP contribution is 2.37. The van der Waals surface area contributed by atoms with Crippen LogP contribution in [0.25, 0.3) is 0 Å². The molecule has 0 aliphatic rings. The molecule has 0 aliphatic heterocycles. The number of rotatable bonds is 22. The topological polar surface area (TPSA) is 46.2 Å². The maximum Gasteiger partial charge on any atom is 0.229 e. The molecule has 0 bridgehead atoms. The summed E-state index contributed by atoms with van der Waals surface area (Å²) >= 11 is 0. The standard InChI is InChI=1S/C56H86O5Si2/c1-17-21-37-57-41-29-25-33-45(49(41)53(5,6)7)62(46-34-26-30-42(58-38-22-18-2)50(46)54(8,9)10)61-63(47-35-27-31-43(59-39-23-19-3)51(47)55(11,12)13)48-36-28-32-44(60-40-24-20-4)52(48)56(14,15)16/h25-36,62-63H,17-24,37-40H2,1-16H3. The Balaban J connectivity index is 2.25. The van der Waals surface area contributed by atoms with Gasteiger partial charge in [-0.05, 0) is 92.4 Å². The van der Waals surface area contributed by atoms with E-state index in [0.29, 0.717) is 26.4 Å². The van der Waals surface area contributed by atoms with Crippen molar-refractivity contribution in [2.45, 2.75) is 184 Å². The third kappa shape index (κ3) is 13.7. The Morgan fingerprint density at radius 2 is 0.540 bits per heavy atom. The summed E-state index contributed by atoms with van der Waals surface area (Å²) in [5, 5.41) is 5.08. The highest BCUT2D eigenvalue weighted by molar-refractivity contribution is 6.92. The molecule has 0 unspecified atom stereocenters. The van der Waals surface area contributed by atoms with Crippen LogP contribution in [0, 0.1) is 0 Å². The van der Waals surface area contributed by atoms with Crippen molar-refractivity contribution in [3.05, 3.63) is 95.1 Å². The van der Waals surface area contributed by atoms with Gasteiger partial charge in [-0.3, -0.25) is 0 Å². The summed E-state index contributed by atoms with van der Waals surface area (Å²) in [6.45, 7) is 39.6. The second-order valence-corrected chi connectivity index (χ2v) is 26.7. The second-order valence-electron chi connectivity index (χ2n) is 21.6. The van der Waals surface area contributed by atoms with Gasteiger partial charge in [0.15, 0.2) is 0 Å². The molecular formula is C56H86O5Si2. The van der Waals surface area contributed by atoms with Gasteiger partial charge in [-0.1, -0.05) is 185 Å². The maximum atomic E-state index is 8.52. The van der Waals surface area contributed by atoms with Crippen LogP contribution in [0.1, 0.15) is 184 Å². The molecule has 0 saturated carbocycles. The van der Waals surface area contributed by atoms with E-state index in [1.54, 1.807) is 0 Å². The van der Waals surface area contributed by atoms with Crippen molar-refractivity contribution >= 4 is 38.8 Å². The zero-order valence-electron chi connectivity index (χ0n) is 42.6. The minimum Gasteiger partial charge on any atom is -0.493 e. The van der Waals surface area contributed by atoms with Gasteiger partial charge >= 0.3 is 0 Å². The summed E-state index contributed by atoms with van der Waals surface area (Å²) in [7, 11) is -5.36. The van der Waals surface area contributed by atoms with E-state index in [4.69, 9.17) is 23.1 Å². The first kappa shape index (κ1) is 52.1. The van der Waals surface area contributed by atoms with Crippen LogP contribution in [0.5, 0.6) is 23.0 Å². The van der Waals surface area contributed by atoms with Crippen LogP contribution < -0.4 is 39.7 Å². The Bertz CT molecular complexity index is 1740. The molecule has 0 amide bonds. The van der Waals surface area contributed by atoms with E-state index < -0.39 is 18.1 Å². The average Bonchev–Trinajstić information content (AvgIpc) is 3.20. The molecule has 0 atom stereocenters. The molecule has 4 rings (SSSR count). The van der Waals surface area contributed by atoms with Gasteiger partial charge in [0.2, 0.25) is 18.1 Å². The van der Waals surface area contributed by atoms with Crippen molar-refractivity contribution in [2.24, 2.45) is 0 Å². The summed E-state index contributed by atoms with van der Waals surface area (Å²) in [4.78, 5) is 0. The molecule has 0 N–H and O–H groups in total. The van der Waals surface area contributed by atoms with Crippen LogP contribution >= 0.6 is 0 Å². The van der Waals surface area contributed by atoms with Crippen molar-refractivity contribution < 1.29 is 23.1 Å². The fourth-order valence-electron chi connectivity index (χ4n) is 8.83. The van der Waals surface area contributed by atoms with E-state index in [9.17, 15) is 0 Å². The molecule has 0 aromatic heterocycles. The monoisotopic (exact) mass is 895 g/mol. The van der Waals surface area contributed by atoms with Crippen molar-refractivity contribution in [3.8, 4) is 23.0 Å². The molecule has 5 nitrogen and oxygen atoms in total. The Morgan fingerprint density at radius 1 is 0.333 bits per heavy atom. The smallest absolute Gasteiger partial charge is 0.229 e. The minimum atomic E-state index is -2.68. The molecule has 0 saturated heterocycles. The van der Waals surface area contributed by atoms with Crippen LogP contribution in [0.2, 0.25) is 0 Å². The number of unbranched alkanes of at least 4 members (excludes halogenated alkanes) is 4. The average molecular weight is 895 g/mol. The lowest BCUT2D eigenvalue weighted by Gasteiger charge is -2.37. The molecule has 0 spiro atoms. The maximum absolute atomic E-state index is 8.52. The molecule has 0 aliphatic carbocycles. The second kappa shape index (κ2) is 23.1. The van der Waals surface area contributed by atoms with Crippen LogP contribution in [0.3, 0.4) is 0 Å². The number of hydrogen-bond donors (Lipinski definition) is 0. The van der Waals surface area contributed by atoms with E-state index in [2.05, 4.69) is 184 Å². The Kier molecular flexibility index (Phi) is 19.1. The molecule has 0 radical (unpaired) electrons. The summed E-state index contributed by atoms with van der Waals surface area (Å²) in [6, 6.07) is 27.0. The largest absolute Gasteiger partial charge is 0.493 e. The molecule has 63 heavy (non-hydrogen) atoms. The number of benzene rings is 4. The van der Waals surface area contributed by atoms with Crippen LogP contribution in [-0.4, -0.2) is 44.5 Å². The summed E-state index contributed by atoms with van der Waals surface area (Å²) in [5.74, 6) is 3.85. The lowest BCUT2D eigenvalue weighted by Crippen LogP contribution is -2.60. The van der Waals surface area contributed by atoms with Gasteiger partial charge < -0.3 is 23.1 Å². The van der Waals surface area contributed by atoms with E-state index in [-0.39, 0.29) is 21.7 Å². The first-order valence-electron chi connectivity index (χ1n) is 24.4. The summed E-state index contributed by atoms with van der Waals surface area (Å²) in [5.41, 5.74) is 4.04. The van der Waals surface area contributed by atoms with Gasteiger partial charge in [0.1, 0.15) is 23.0 Å². The fraction of sp³-hybridized carbons (Fsp3) is 0.571. The third-order valence-corrected chi connectivity index (χ3v) is 18.0.